The maximum absolute atomic E-state index is 5.98. The zero-order valence-corrected chi connectivity index (χ0v) is 12.1. The number of aromatic nitrogens is 3. The van der Waals surface area contributed by atoms with Crippen molar-refractivity contribution in [1.82, 2.24) is 15.0 Å². The second-order valence-corrected chi connectivity index (χ2v) is 6.01. The van der Waals surface area contributed by atoms with Crippen molar-refractivity contribution in [3.05, 3.63) is 33.1 Å². The monoisotopic (exact) mass is 282 g/mol. The van der Waals surface area contributed by atoms with Gasteiger partial charge in [0.2, 0.25) is 0 Å². The summed E-state index contributed by atoms with van der Waals surface area (Å²) in [4.78, 5) is 14.1. The second-order valence-electron chi connectivity index (χ2n) is 4.31. The Morgan fingerprint density at radius 1 is 1.39 bits per heavy atom. The van der Waals surface area contributed by atoms with Crippen LogP contribution in [0.4, 0.5) is 5.82 Å². The lowest BCUT2D eigenvalue weighted by Crippen LogP contribution is -2.05. The topological polar surface area (TPSA) is 50.7 Å². The van der Waals surface area contributed by atoms with Crippen molar-refractivity contribution in [3.63, 3.8) is 0 Å². The average Bonchev–Trinajstić information content (AvgIpc) is 2.72. The number of hydrogen-bond donors (Lipinski definition) is 1. The molecule has 0 spiro atoms. The summed E-state index contributed by atoms with van der Waals surface area (Å²) in [7, 11) is 0. The van der Waals surface area contributed by atoms with Crippen LogP contribution in [0.3, 0.4) is 0 Å². The first-order valence-electron chi connectivity index (χ1n) is 5.74. The molecule has 0 aliphatic carbocycles. The summed E-state index contributed by atoms with van der Waals surface area (Å²) in [6.07, 6.45) is 1.87. The number of nitrogens with zero attached hydrogens (tertiary/aromatic N) is 3. The molecular formula is C12H15ClN4S. The van der Waals surface area contributed by atoms with E-state index in [1.807, 2.05) is 27.0 Å². The lowest BCUT2D eigenvalue weighted by atomic mass is 10.2. The number of rotatable bonds is 4. The Morgan fingerprint density at radius 3 is 2.78 bits per heavy atom. The molecule has 0 fully saturated rings. The maximum Gasteiger partial charge on any atom is 0.135 e. The van der Waals surface area contributed by atoms with Crippen LogP contribution in [0.25, 0.3) is 0 Å². The molecule has 0 aliphatic rings. The van der Waals surface area contributed by atoms with Gasteiger partial charge in [-0.3, -0.25) is 0 Å². The molecule has 2 rings (SSSR count). The Labute approximate surface area is 115 Å². The minimum atomic E-state index is 0.256. The molecule has 0 bridgehead atoms. The second kappa shape index (κ2) is 5.63. The molecule has 96 valence electrons. The SMILES string of the molecule is Cc1cnc(CNc2cc(Cl)nc(C(C)C)n2)s1. The molecule has 2 heterocycles. The molecule has 0 saturated heterocycles. The van der Waals surface area contributed by atoms with Gasteiger partial charge in [0.15, 0.2) is 0 Å². The van der Waals surface area contributed by atoms with Gasteiger partial charge in [0.25, 0.3) is 0 Å². The van der Waals surface area contributed by atoms with E-state index in [2.05, 4.69) is 20.3 Å². The highest BCUT2D eigenvalue weighted by atomic mass is 35.5. The summed E-state index contributed by atoms with van der Waals surface area (Å²) >= 11 is 7.65. The third-order valence-electron chi connectivity index (χ3n) is 2.32. The molecule has 0 saturated carbocycles. The molecule has 0 radical (unpaired) electrons. The van der Waals surface area contributed by atoms with E-state index in [-0.39, 0.29) is 5.92 Å². The lowest BCUT2D eigenvalue weighted by molar-refractivity contribution is 0.774. The number of thiazole rings is 1. The van der Waals surface area contributed by atoms with Gasteiger partial charge >= 0.3 is 0 Å². The number of anilines is 1. The van der Waals surface area contributed by atoms with E-state index < -0.39 is 0 Å². The van der Waals surface area contributed by atoms with Crippen molar-refractivity contribution in [2.24, 2.45) is 0 Å². The molecule has 0 unspecified atom stereocenters. The van der Waals surface area contributed by atoms with Crippen LogP contribution in [0.1, 0.15) is 35.5 Å². The molecule has 6 heteroatoms. The van der Waals surface area contributed by atoms with E-state index in [1.165, 1.54) is 4.88 Å². The van der Waals surface area contributed by atoms with E-state index in [9.17, 15) is 0 Å². The molecule has 0 amide bonds. The van der Waals surface area contributed by atoms with Crippen molar-refractivity contribution in [1.29, 1.82) is 0 Å². The van der Waals surface area contributed by atoms with Crippen LogP contribution in [-0.4, -0.2) is 15.0 Å². The molecule has 18 heavy (non-hydrogen) atoms. The third-order valence-corrected chi connectivity index (χ3v) is 3.42. The maximum atomic E-state index is 5.98. The van der Waals surface area contributed by atoms with Crippen molar-refractivity contribution in [2.75, 3.05) is 5.32 Å². The summed E-state index contributed by atoms with van der Waals surface area (Å²) < 4.78 is 0. The van der Waals surface area contributed by atoms with E-state index >= 15 is 0 Å². The number of nitrogens with one attached hydrogen (secondary N) is 1. The van der Waals surface area contributed by atoms with Gasteiger partial charge in [0.1, 0.15) is 21.8 Å². The number of aryl methyl sites for hydroxylation is 1. The molecule has 2 aromatic heterocycles. The highest BCUT2D eigenvalue weighted by Gasteiger charge is 2.07. The normalized spacial score (nSPS) is 10.9. The summed E-state index contributed by atoms with van der Waals surface area (Å²) in [5, 5.41) is 4.72. The quantitative estimate of drug-likeness (QED) is 0.870. The Bertz CT molecular complexity index is 539. The Kier molecular flexibility index (Phi) is 4.14. The summed E-state index contributed by atoms with van der Waals surface area (Å²) in [6, 6.07) is 1.73. The summed E-state index contributed by atoms with van der Waals surface area (Å²) in [6.45, 7) is 6.78. The average molecular weight is 283 g/mol. The van der Waals surface area contributed by atoms with Crippen molar-refractivity contribution in [2.45, 2.75) is 33.2 Å². The van der Waals surface area contributed by atoms with E-state index in [0.29, 0.717) is 11.7 Å². The van der Waals surface area contributed by atoms with Crippen LogP contribution in [0.5, 0.6) is 0 Å². The van der Waals surface area contributed by atoms with Crippen molar-refractivity contribution in [3.8, 4) is 0 Å². The Hall–Kier alpha value is -1.20. The Morgan fingerprint density at radius 2 is 2.17 bits per heavy atom. The lowest BCUT2D eigenvalue weighted by Gasteiger charge is -2.08. The predicted octanol–water partition coefficient (Wildman–Crippen LogP) is 3.63. The van der Waals surface area contributed by atoms with Crippen LogP contribution in [0.15, 0.2) is 12.3 Å². The minimum absolute atomic E-state index is 0.256. The zero-order chi connectivity index (χ0) is 13.1. The first-order chi connectivity index (χ1) is 8.54. The van der Waals surface area contributed by atoms with E-state index in [4.69, 9.17) is 11.6 Å². The first-order valence-corrected chi connectivity index (χ1v) is 6.93. The van der Waals surface area contributed by atoms with Crippen LogP contribution >= 0.6 is 22.9 Å². The van der Waals surface area contributed by atoms with Crippen LogP contribution in [0.2, 0.25) is 5.15 Å². The van der Waals surface area contributed by atoms with Gasteiger partial charge in [0, 0.05) is 23.1 Å². The molecule has 1 N–H and O–H groups in total. The molecule has 0 aliphatic heterocycles. The van der Waals surface area contributed by atoms with Gasteiger partial charge in [-0.2, -0.15) is 0 Å². The zero-order valence-electron chi connectivity index (χ0n) is 10.6. The Balaban J connectivity index is 2.09. The van der Waals surface area contributed by atoms with Crippen LogP contribution < -0.4 is 5.32 Å². The van der Waals surface area contributed by atoms with E-state index in [1.54, 1.807) is 17.4 Å². The first kappa shape index (κ1) is 13.2. The largest absolute Gasteiger partial charge is 0.363 e. The smallest absolute Gasteiger partial charge is 0.135 e. The number of halogens is 1. The fourth-order valence-corrected chi connectivity index (χ4v) is 2.35. The van der Waals surface area contributed by atoms with Gasteiger partial charge in [-0.1, -0.05) is 25.4 Å². The molecule has 0 atom stereocenters. The fraction of sp³-hybridized carbons (Fsp3) is 0.417. The molecule has 0 aromatic carbocycles. The highest BCUT2D eigenvalue weighted by molar-refractivity contribution is 7.11. The molecule has 4 nitrogen and oxygen atoms in total. The predicted molar refractivity (Wildman–Crippen MR) is 75.3 cm³/mol. The van der Waals surface area contributed by atoms with E-state index in [0.717, 1.165) is 16.6 Å². The summed E-state index contributed by atoms with van der Waals surface area (Å²) in [5.74, 6) is 1.75. The molecular weight excluding hydrogens is 268 g/mol. The van der Waals surface area contributed by atoms with Crippen LogP contribution in [-0.2, 0) is 6.54 Å². The van der Waals surface area contributed by atoms with Gasteiger partial charge in [-0.25, -0.2) is 15.0 Å². The van der Waals surface area contributed by atoms with Crippen LogP contribution in [0, 0.1) is 6.92 Å². The van der Waals surface area contributed by atoms with Gasteiger partial charge in [-0.15, -0.1) is 11.3 Å². The van der Waals surface area contributed by atoms with Gasteiger partial charge < -0.3 is 5.32 Å². The van der Waals surface area contributed by atoms with Crippen molar-refractivity contribution < 1.29 is 0 Å². The fourth-order valence-electron chi connectivity index (χ4n) is 1.43. The number of hydrogen-bond acceptors (Lipinski definition) is 5. The minimum Gasteiger partial charge on any atom is -0.363 e. The van der Waals surface area contributed by atoms with Gasteiger partial charge in [0.05, 0.1) is 6.54 Å². The third kappa shape index (κ3) is 3.40. The van der Waals surface area contributed by atoms with Crippen molar-refractivity contribution >= 4 is 28.8 Å². The van der Waals surface area contributed by atoms with Gasteiger partial charge in [-0.05, 0) is 6.92 Å². The standard InChI is InChI=1S/C12H15ClN4S/c1-7(2)12-16-9(13)4-10(17-12)14-6-11-15-5-8(3)18-11/h4-5,7H,6H2,1-3H3,(H,14,16,17). The highest BCUT2D eigenvalue weighted by Crippen LogP contribution is 2.18. The molecule has 2 aromatic rings. The summed E-state index contributed by atoms with van der Waals surface area (Å²) in [5.41, 5.74) is 0.